The van der Waals surface area contributed by atoms with Gasteiger partial charge in [0.1, 0.15) is 5.75 Å². The van der Waals surface area contributed by atoms with Crippen molar-refractivity contribution >= 4 is 61.0 Å². The van der Waals surface area contributed by atoms with Crippen molar-refractivity contribution in [3.8, 4) is 17.6 Å². The number of rotatable bonds is 4. The molecule has 0 N–H and O–H groups in total. The Labute approximate surface area is 159 Å². The first kappa shape index (κ1) is 18.1. The van der Waals surface area contributed by atoms with Crippen LogP contribution in [-0.4, -0.2) is 12.6 Å². The zero-order chi connectivity index (χ0) is 17.0. The van der Waals surface area contributed by atoms with Crippen LogP contribution >= 0.6 is 55.1 Å². The summed E-state index contributed by atoms with van der Waals surface area (Å²) in [7, 11) is 0. The van der Waals surface area contributed by atoms with Gasteiger partial charge in [-0.2, -0.15) is 5.26 Å². The van der Waals surface area contributed by atoms with E-state index in [1.165, 1.54) is 6.07 Å². The van der Waals surface area contributed by atoms with Gasteiger partial charge in [-0.05, 0) is 62.2 Å². The number of nitriles is 1. The highest BCUT2D eigenvalue weighted by molar-refractivity contribution is 9.11. The molecule has 0 heterocycles. The standard InChI is InChI=1S/C15H7Br2Cl2NO3/c16-10-3-8(6-20)4-11(17)15(10)23-14(21)7-22-13-2-1-9(18)5-12(13)19/h1-5H,7H2. The van der Waals surface area contributed by atoms with Crippen LogP contribution in [0.1, 0.15) is 5.56 Å². The third-order valence-corrected chi connectivity index (χ3v) is 4.29. The van der Waals surface area contributed by atoms with E-state index in [-0.39, 0.29) is 12.4 Å². The smallest absolute Gasteiger partial charge is 0.349 e. The molecule has 0 bridgehead atoms. The molecule has 23 heavy (non-hydrogen) atoms. The first-order valence-corrected chi connectivity index (χ1v) is 8.42. The van der Waals surface area contributed by atoms with E-state index in [4.69, 9.17) is 37.9 Å². The molecule has 0 atom stereocenters. The lowest BCUT2D eigenvalue weighted by molar-refractivity contribution is -0.136. The second kappa shape index (κ2) is 8.02. The highest BCUT2D eigenvalue weighted by Crippen LogP contribution is 2.35. The van der Waals surface area contributed by atoms with E-state index in [0.29, 0.717) is 30.3 Å². The largest absolute Gasteiger partial charge is 0.480 e. The fourth-order valence-corrected chi connectivity index (χ4v) is 3.41. The Morgan fingerprint density at radius 2 is 1.83 bits per heavy atom. The van der Waals surface area contributed by atoms with E-state index in [2.05, 4.69) is 31.9 Å². The van der Waals surface area contributed by atoms with Crippen molar-refractivity contribution < 1.29 is 14.3 Å². The third kappa shape index (κ3) is 4.85. The summed E-state index contributed by atoms with van der Waals surface area (Å²) in [6.07, 6.45) is 0. The molecule has 2 rings (SSSR count). The highest BCUT2D eigenvalue weighted by Gasteiger charge is 2.14. The number of carbonyl (C=O) groups excluding carboxylic acids is 1. The zero-order valence-corrected chi connectivity index (χ0v) is 16.0. The lowest BCUT2D eigenvalue weighted by Gasteiger charge is -2.11. The van der Waals surface area contributed by atoms with Crippen molar-refractivity contribution in [2.45, 2.75) is 0 Å². The van der Waals surface area contributed by atoms with Crippen molar-refractivity contribution in [1.29, 1.82) is 5.26 Å². The van der Waals surface area contributed by atoms with Crippen LogP contribution in [0.15, 0.2) is 39.3 Å². The van der Waals surface area contributed by atoms with Crippen LogP contribution in [0.2, 0.25) is 10.0 Å². The average molecular weight is 480 g/mol. The summed E-state index contributed by atoms with van der Waals surface area (Å²) in [4.78, 5) is 11.9. The van der Waals surface area contributed by atoms with Gasteiger partial charge in [0.25, 0.3) is 0 Å². The van der Waals surface area contributed by atoms with Gasteiger partial charge in [-0.25, -0.2) is 4.79 Å². The monoisotopic (exact) mass is 477 g/mol. The molecule has 8 heteroatoms. The predicted molar refractivity (Wildman–Crippen MR) is 94.1 cm³/mol. The number of hydrogen-bond acceptors (Lipinski definition) is 4. The molecule has 0 radical (unpaired) electrons. The second-order valence-corrected chi connectivity index (χ2v) is 6.77. The zero-order valence-electron chi connectivity index (χ0n) is 11.3. The lowest BCUT2D eigenvalue weighted by atomic mass is 10.2. The number of halogens is 4. The fraction of sp³-hybridized carbons (Fsp3) is 0.0667. The van der Waals surface area contributed by atoms with Crippen LogP contribution in [0.5, 0.6) is 11.5 Å². The summed E-state index contributed by atoms with van der Waals surface area (Å²) in [6.45, 7) is -0.333. The molecule has 0 aromatic heterocycles. The Bertz CT molecular complexity index is 783. The minimum Gasteiger partial charge on any atom is -0.480 e. The SMILES string of the molecule is N#Cc1cc(Br)c(OC(=O)COc2ccc(Cl)cc2Cl)c(Br)c1. The van der Waals surface area contributed by atoms with Crippen LogP contribution < -0.4 is 9.47 Å². The Hall–Kier alpha value is -1.26. The number of carbonyl (C=O) groups is 1. The maximum atomic E-state index is 11.9. The van der Waals surface area contributed by atoms with E-state index in [1.807, 2.05) is 6.07 Å². The summed E-state index contributed by atoms with van der Waals surface area (Å²) in [5, 5.41) is 9.64. The van der Waals surface area contributed by atoms with E-state index in [1.54, 1.807) is 24.3 Å². The van der Waals surface area contributed by atoms with E-state index < -0.39 is 5.97 Å². The second-order valence-electron chi connectivity index (χ2n) is 4.22. The summed E-state index contributed by atoms with van der Waals surface area (Å²) >= 11 is 18.2. The molecular weight excluding hydrogens is 473 g/mol. The van der Waals surface area contributed by atoms with Crippen LogP contribution in [0, 0.1) is 11.3 Å². The number of benzene rings is 2. The molecule has 0 aliphatic carbocycles. The third-order valence-electron chi connectivity index (χ3n) is 2.58. The first-order chi connectivity index (χ1) is 10.9. The predicted octanol–water partition coefficient (Wildman–Crippen LogP) is 5.37. The summed E-state index contributed by atoms with van der Waals surface area (Å²) in [5.41, 5.74) is 0.424. The number of ether oxygens (including phenoxy) is 2. The molecule has 4 nitrogen and oxygen atoms in total. The van der Waals surface area contributed by atoms with E-state index in [0.717, 1.165) is 0 Å². The maximum absolute atomic E-state index is 11.9. The van der Waals surface area contributed by atoms with Crippen LogP contribution in [0.4, 0.5) is 0 Å². The van der Waals surface area contributed by atoms with Gasteiger partial charge in [0.15, 0.2) is 12.4 Å². The molecule has 2 aromatic rings. The Kier molecular flexibility index (Phi) is 6.31. The molecule has 0 saturated carbocycles. The topological polar surface area (TPSA) is 59.3 Å². The van der Waals surface area contributed by atoms with Crippen molar-refractivity contribution in [2.24, 2.45) is 0 Å². The highest BCUT2D eigenvalue weighted by atomic mass is 79.9. The van der Waals surface area contributed by atoms with Crippen LogP contribution in [0.3, 0.4) is 0 Å². The Morgan fingerprint density at radius 3 is 2.39 bits per heavy atom. The molecule has 0 aliphatic heterocycles. The minimum absolute atomic E-state index is 0.264. The first-order valence-electron chi connectivity index (χ1n) is 6.08. The van der Waals surface area contributed by atoms with Crippen LogP contribution in [0.25, 0.3) is 0 Å². The maximum Gasteiger partial charge on any atom is 0.349 e. The summed E-state index contributed by atoms with van der Waals surface area (Å²) < 4.78 is 11.5. The Morgan fingerprint density at radius 1 is 1.17 bits per heavy atom. The number of nitrogens with zero attached hydrogens (tertiary/aromatic N) is 1. The van der Waals surface area contributed by atoms with E-state index >= 15 is 0 Å². The minimum atomic E-state index is -0.623. The van der Waals surface area contributed by atoms with Gasteiger partial charge in [0, 0.05) is 5.02 Å². The van der Waals surface area contributed by atoms with Gasteiger partial charge < -0.3 is 9.47 Å². The molecule has 0 fully saturated rings. The van der Waals surface area contributed by atoms with Gasteiger partial charge in [-0.15, -0.1) is 0 Å². The van der Waals surface area contributed by atoms with Gasteiger partial charge in [-0.3, -0.25) is 0 Å². The molecule has 0 unspecified atom stereocenters. The molecule has 0 amide bonds. The molecule has 0 spiro atoms. The van der Waals surface area contributed by atoms with Crippen molar-refractivity contribution in [2.75, 3.05) is 6.61 Å². The van der Waals surface area contributed by atoms with Crippen molar-refractivity contribution in [3.63, 3.8) is 0 Å². The summed E-state index contributed by atoms with van der Waals surface area (Å²) in [5.74, 6) is -0.0343. The number of esters is 1. The molecule has 0 aliphatic rings. The lowest BCUT2D eigenvalue weighted by Crippen LogP contribution is -2.18. The van der Waals surface area contributed by atoms with Gasteiger partial charge in [0.05, 0.1) is 25.6 Å². The van der Waals surface area contributed by atoms with Gasteiger partial charge in [0.2, 0.25) is 0 Å². The molecule has 0 saturated heterocycles. The molecular formula is C15H7Br2Cl2NO3. The fourth-order valence-electron chi connectivity index (χ4n) is 1.59. The molecule has 118 valence electrons. The average Bonchev–Trinajstić information content (AvgIpc) is 2.49. The quantitative estimate of drug-likeness (QED) is 0.436. The Balaban J connectivity index is 2.04. The normalized spacial score (nSPS) is 10.0. The van der Waals surface area contributed by atoms with Gasteiger partial charge in [-0.1, -0.05) is 23.2 Å². The van der Waals surface area contributed by atoms with Crippen molar-refractivity contribution in [1.82, 2.24) is 0 Å². The molecule has 2 aromatic carbocycles. The van der Waals surface area contributed by atoms with Gasteiger partial charge >= 0.3 is 5.97 Å². The number of hydrogen-bond donors (Lipinski definition) is 0. The summed E-state index contributed by atoms with van der Waals surface area (Å²) in [6, 6.07) is 9.76. The van der Waals surface area contributed by atoms with Crippen LogP contribution in [-0.2, 0) is 4.79 Å². The van der Waals surface area contributed by atoms with Crippen molar-refractivity contribution in [3.05, 3.63) is 54.9 Å². The van der Waals surface area contributed by atoms with E-state index in [9.17, 15) is 4.79 Å².